The molecule has 2 fully saturated rings. The van der Waals surface area contributed by atoms with Crippen LogP contribution in [0.15, 0.2) is 29.8 Å². The fourth-order valence-corrected chi connectivity index (χ4v) is 3.85. The molecule has 0 aliphatic carbocycles. The quantitative estimate of drug-likeness (QED) is 0.548. The van der Waals surface area contributed by atoms with E-state index < -0.39 is 18.0 Å². The number of carbonyl (C=O) groups excluding carboxylic acids is 3. The van der Waals surface area contributed by atoms with Gasteiger partial charge in [0, 0.05) is 26.9 Å². The molecule has 1 N–H and O–H groups in total. The third-order valence-electron chi connectivity index (χ3n) is 5.26. The molecule has 0 bridgehead atoms. The minimum absolute atomic E-state index is 0.203. The first kappa shape index (κ1) is 22.6. The molecule has 0 saturated carbocycles. The zero-order valence-electron chi connectivity index (χ0n) is 18.0. The van der Waals surface area contributed by atoms with Gasteiger partial charge in [-0.15, -0.1) is 0 Å². The number of anilines is 2. The van der Waals surface area contributed by atoms with E-state index in [0.29, 0.717) is 24.5 Å². The highest BCUT2D eigenvalue weighted by Crippen LogP contribution is 2.30. The minimum Gasteiger partial charge on any atom is -0.459 e. The fraction of sp³-hybridized carbons (Fsp3) is 0.500. The van der Waals surface area contributed by atoms with E-state index in [0.717, 1.165) is 12.8 Å². The van der Waals surface area contributed by atoms with Gasteiger partial charge in [-0.2, -0.15) is 0 Å². The molecule has 168 valence electrons. The van der Waals surface area contributed by atoms with Crippen LogP contribution in [0.2, 0.25) is 0 Å². The van der Waals surface area contributed by atoms with Gasteiger partial charge in [-0.05, 0) is 44.0 Å². The molecule has 0 aromatic heterocycles. The van der Waals surface area contributed by atoms with Gasteiger partial charge in [-0.3, -0.25) is 14.5 Å². The highest BCUT2D eigenvalue weighted by molar-refractivity contribution is 5.90. The summed E-state index contributed by atoms with van der Waals surface area (Å²) in [5, 5.41) is 2.62. The first-order valence-corrected chi connectivity index (χ1v) is 10.4. The van der Waals surface area contributed by atoms with Crippen molar-refractivity contribution in [3.63, 3.8) is 0 Å². The van der Waals surface area contributed by atoms with Gasteiger partial charge in [0.15, 0.2) is 0 Å². The second-order valence-electron chi connectivity index (χ2n) is 7.82. The van der Waals surface area contributed by atoms with E-state index in [-0.39, 0.29) is 31.1 Å². The Balaban J connectivity index is 1.60. The van der Waals surface area contributed by atoms with Crippen molar-refractivity contribution in [2.75, 3.05) is 36.0 Å². The van der Waals surface area contributed by atoms with Gasteiger partial charge in [-0.1, -0.05) is 5.57 Å². The summed E-state index contributed by atoms with van der Waals surface area (Å²) in [6.45, 7) is 6.37. The molecule has 9 heteroatoms. The molecule has 8 nitrogen and oxygen atoms in total. The van der Waals surface area contributed by atoms with Crippen molar-refractivity contribution < 1.29 is 28.2 Å². The predicted octanol–water partition coefficient (Wildman–Crippen LogP) is 2.77. The van der Waals surface area contributed by atoms with Crippen LogP contribution in [0.1, 0.15) is 33.6 Å². The Labute approximate surface area is 181 Å². The zero-order chi connectivity index (χ0) is 22.5. The van der Waals surface area contributed by atoms with Gasteiger partial charge >= 0.3 is 12.1 Å². The molecule has 3 rings (SSSR count). The standard InChI is InChI=1S/C22H28FN3O5/c1-14(30-16(3)28)10-17-6-8-25(9-7-17)21-5-4-18(11-20(21)23)26-13-19(31-22(26)29)12-24-15(2)27/h4-5,10-11,14,19H,6-9,12-13H2,1-3H3,(H,24,27)/t14?,19-/m0/s1. The van der Waals surface area contributed by atoms with E-state index in [2.05, 4.69) is 5.32 Å². The molecule has 2 saturated heterocycles. The predicted molar refractivity (Wildman–Crippen MR) is 113 cm³/mol. The number of nitrogens with zero attached hydrogens (tertiary/aromatic N) is 2. The highest BCUT2D eigenvalue weighted by atomic mass is 19.1. The molecule has 1 unspecified atom stereocenters. The molecule has 2 aliphatic rings. The Morgan fingerprint density at radius 1 is 1.32 bits per heavy atom. The molecular formula is C22H28FN3O5. The number of hydrogen-bond donors (Lipinski definition) is 1. The lowest BCUT2D eigenvalue weighted by Crippen LogP contribution is -2.33. The number of benzene rings is 1. The van der Waals surface area contributed by atoms with Gasteiger partial charge in [0.05, 0.1) is 24.5 Å². The number of nitrogens with one attached hydrogen (secondary N) is 1. The highest BCUT2D eigenvalue weighted by Gasteiger charge is 2.33. The van der Waals surface area contributed by atoms with Crippen molar-refractivity contribution in [3.8, 4) is 0 Å². The number of piperidine rings is 1. The SMILES string of the molecule is CC(=O)NC[C@H]1CN(c2ccc(N3CCC(=CC(C)OC(C)=O)CC3)c(F)c2)C(=O)O1. The summed E-state index contributed by atoms with van der Waals surface area (Å²) < 4.78 is 25.2. The monoisotopic (exact) mass is 433 g/mol. The van der Waals surface area contributed by atoms with Crippen molar-refractivity contribution in [2.45, 2.75) is 45.8 Å². The Morgan fingerprint density at radius 3 is 2.65 bits per heavy atom. The first-order valence-electron chi connectivity index (χ1n) is 10.4. The van der Waals surface area contributed by atoms with Crippen molar-refractivity contribution in [1.29, 1.82) is 0 Å². The number of amides is 2. The number of rotatable bonds is 6. The van der Waals surface area contributed by atoms with Crippen molar-refractivity contribution in [2.24, 2.45) is 0 Å². The summed E-state index contributed by atoms with van der Waals surface area (Å²) in [4.78, 5) is 37.6. The summed E-state index contributed by atoms with van der Waals surface area (Å²) in [6, 6.07) is 4.72. The molecule has 1 aromatic carbocycles. The van der Waals surface area contributed by atoms with E-state index in [1.807, 2.05) is 17.9 Å². The Hall–Kier alpha value is -3.10. The van der Waals surface area contributed by atoms with Crippen molar-refractivity contribution in [3.05, 3.63) is 35.7 Å². The van der Waals surface area contributed by atoms with Gasteiger partial charge < -0.3 is 19.7 Å². The Bertz CT molecular complexity index is 878. The normalized spacial score (nSPS) is 19.7. The van der Waals surface area contributed by atoms with Crippen LogP contribution in [0.25, 0.3) is 0 Å². The molecule has 2 aliphatic heterocycles. The molecule has 0 radical (unpaired) electrons. The number of cyclic esters (lactones) is 1. The smallest absolute Gasteiger partial charge is 0.414 e. The lowest BCUT2D eigenvalue weighted by atomic mass is 10.0. The van der Waals surface area contributed by atoms with Crippen LogP contribution in [-0.4, -0.2) is 56.4 Å². The molecule has 31 heavy (non-hydrogen) atoms. The number of carbonyl (C=O) groups is 3. The minimum atomic E-state index is -0.558. The summed E-state index contributed by atoms with van der Waals surface area (Å²) in [7, 11) is 0. The summed E-state index contributed by atoms with van der Waals surface area (Å²) in [5.74, 6) is -0.922. The van der Waals surface area contributed by atoms with Crippen LogP contribution < -0.4 is 15.1 Å². The van der Waals surface area contributed by atoms with Crippen molar-refractivity contribution >= 4 is 29.3 Å². The number of ether oxygens (including phenoxy) is 2. The van der Waals surface area contributed by atoms with E-state index >= 15 is 0 Å². The first-order chi connectivity index (χ1) is 14.7. The van der Waals surface area contributed by atoms with Crippen LogP contribution in [0, 0.1) is 5.82 Å². The average molecular weight is 433 g/mol. The fourth-order valence-electron chi connectivity index (χ4n) is 3.85. The number of esters is 1. The summed E-state index contributed by atoms with van der Waals surface area (Å²) >= 11 is 0. The zero-order valence-corrected chi connectivity index (χ0v) is 18.0. The van der Waals surface area contributed by atoms with Crippen LogP contribution in [0.5, 0.6) is 0 Å². The van der Waals surface area contributed by atoms with Crippen LogP contribution in [0.4, 0.5) is 20.6 Å². The van der Waals surface area contributed by atoms with E-state index in [1.54, 1.807) is 12.1 Å². The van der Waals surface area contributed by atoms with Crippen LogP contribution in [0.3, 0.4) is 0 Å². The van der Waals surface area contributed by atoms with Gasteiger partial charge in [0.1, 0.15) is 18.0 Å². The second kappa shape index (κ2) is 9.80. The maximum atomic E-state index is 14.9. The Kier molecular flexibility index (Phi) is 7.14. The van der Waals surface area contributed by atoms with Gasteiger partial charge in [0.2, 0.25) is 5.91 Å². The van der Waals surface area contributed by atoms with Crippen LogP contribution in [-0.2, 0) is 19.1 Å². The summed E-state index contributed by atoms with van der Waals surface area (Å²) in [5.41, 5.74) is 2.09. The third kappa shape index (κ3) is 5.96. The maximum absolute atomic E-state index is 14.9. The molecule has 0 spiro atoms. The van der Waals surface area contributed by atoms with Crippen molar-refractivity contribution in [1.82, 2.24) is 5.32 Å². The number of halogens is 1. The Morgan fingerprint density at radius 2 is 2.03 bits per heavy atom. The lowest BCUT2D eigenvalue weighted by Gasteiger charge is -2.31. The summed E-state index contributed by atoms with van der Waals surface area (Å²) in [6.07, 6.45) is 2.17. The molecule has 2 amide bonds. The maximum Gasteiger partial charge on any atom is 0.414 e. The van der Waals surface area contributed by atoms with Crippen LogP contribution >= 0.6 is 0 Å². The van der Waals surface area contributed by atoms with Gasteiger partial charge in [0.25, 0.3) is 0 Å². The molecule has 2 atom stereocenters. The third-order valence-corrected chi connectivity index (χ3v) is 5.26. The molecule has 2 heterocycles. The number of hydrogen-bond acceptors (Lipinski definition) is 6. The topological polar surface area (TPSA) is 88.2 Å². The largest absolute Gasteiger partial charge is 0.459 e. The van der Waals surface area contributed by atoms with E-state index in [4.69, 9.17) is 9.47 Å². The second-order valence-corrected chi connectivity index (χ2v) is 7.82. The average Bonchev–Trinajstić information content (AvgIpc) is 3.07. The van der Waals surface area contributed by atoms with E-state index in [1.165, 1.54) is 30.4 Å². The molecule has 1 aromatic rings. The van der Waals surface area contributed by atoms with E-state index in [9.17, 15) is 18.8 Å². The van der Waals surface area contributed by atoms with Gasteiger partial charge in [-0.25, -0.2) is 9.18 Å². The molecular weight excluding hydrogens is 405 g/mol. The lowest BCUT2D eigenvalue weighted by molar-refractivity contribution is -0.143.